The van der Waals surface area contributed by atoms with Crippen LogP contribution in [-0.2, 0) is 4.79 Å². The monoisotopic (exact) mass is 335 g/mol. The van der Waals surface area contributed by atoms with Crippen molar-refractivity contribution in [2.75, 3.05) is 25.1 Å². The number of aliphatic carboxylic acids is 1. The number of carboxylic acid groups (broad SMARTS) is 1. The summed E-state index contributed by atoms with van der Waals surface area (Å²) >= 11 is 0. The van der Waals surface area contributed by atoms with Crippen molar-refractivity contribution in [2.45, 2.75) is 25.8 Å². The van der Waals surface area contributed by atoms with E-state index in [2.05, 4.69) is 10.6 Å². The third-order valence-electron chi connectivity index (χ3n) is 3.77. The molecule has 0 aromatic heterocycles. The van der Waals surface area contributed by atoms with Gasteiger partial charge in [0.15, 0.2) is 0 Å². The average Bonchev–Trinajstić information content (AvgIpc) is 2.99. The molecule has 1 aromatic carbocycles. The van der Waals surface area contributed by atoms with Crippen LogP contribution in [0.15, 0.2) is 18.2 Å². The van der Waals surface area contributed by atoms with Crippen LogP contribution in [0.2, 0.25) is 0 Å². The molecule has 3 N–H and O–H groups in total. The highest BCUT2D eigenvalue weighted by Gasteiger charge is 2.26. The molecule has 24 heavy (non-hydrogen) atoms. The molecule has 1 unspecified atom stereocenters. The number of anilines is 1. The quantitative estimate of drug-likeness (QED) is 0.694. The highest BCUT2D eigenvalue weighted by molar-refractivity contribution is 6.00. The minimum Gasteiger partial charge on any atom is -0.495 e. The number of carbonyl (C=O) groups excluding carboxylic acids is 2. The largest absolute Gasteiger partial charge is 0.495 e. The van der Waals surface area contributed by atoms with Crippen molar-refractivity contribution in [3.05, 3.63) is 23.8 Å². The first kappa shape index (κ1) is 17.6. The van der Waals surface area contributed by atoms with E-state index in [1.54, 1.807) is 6.07 Å². The number of methoxy groups -OCH3 is 1. The summed E-state index contributed by atoms with van der Waals surface area (Å²) in [7, 11) is 1.48. The minimum absolute atomic E-state index is 0.264. The Morgan fingerprint density at radius 1 is 1.46 bits per heavy atom. The van der Waals surface area contributed by atoms with Gasteiger partial charge in [-0.1, -0.05) is 13.3 Å². The lowest BCUT2D eigenvalue weighted by Crippen LogP contribution is -2.40. The number of hydrogen-bond donors (Lipinski definition) is 3. The highest BCUT2D eigenvalue weighted by atomic mass is 16.5. The molecule has 1 atom stereocenters. The van der Waals surface area contributed by atoms with Crippen LogP contribution in [0.25, 0.3) is 0 Å². The number of nitrogens with one attached hydrogen (secondary N) is 2. The van der Waals surface area contributed by atoms with Crippen LogP contribution in [0.4, 0.5) is 10.5 Å². The van der Waals surface area contributed by atoms with Crippen molar-refractivity contribution in [3.8, 4) is 5.75 Å². The van der Waals surface area contributed by atoms with Gasteiger partial charge in [-0.05, 0) is 24.6 Å². The van der Waals surface area contributed by atoms with Gasteiger partial charge in [0.2, 0.25) is 0 Å². The van der Waals surface area contributed by atoms with Crippen LogP contribution in [0.1, 0.15) is 30.1 Å². The number of ether oxygens (including phenoxy) is 1. The average molecular weight is 335 g/mol. The van der Waals surface area contributed by atoms with E-state index in [0.717, 1.165) is 0 Å². The molecular formula is C16H21N3O5. The molecule has 1 aliphatic rings. The third-order valence-corrected chi connectivity index (χ3v) is 3.77. The summed E-state index contributed by atoms with van der Waals surface area (Å²) in [5.41, 5.74) is 0.746. The van der Waals surface area contributed by atoms with E-state index in [4.69, 9.17) is 9.84 Å². The Kier molecular flexibility index (Phi) is 5.62. The lowest BCUT2D eigenvalue weighted by atomic mass is 10.1. The predicted octanol–water partition coefficient (Wildman–Crippen LogP) is 1.21. The number of nitrogens with zero attached hydrogens (tertiary/aromatic N) is 1. The summed E-state index contributed by atoms with van der Waals surface area (Å²) in [6.45, 7) is 2.82. The van der Waals surface area contributed by atoms with Crippen molar-refractivity contribution in [2.24, 2.45) is 0 Å². The molecule has 1 saturated heterocycles. The molecule has 1 fully saturated rings. The Bertz CT molecular complexity index is 647. The standard InChI is InChI=1S/C16H21N3O5/c1-3-4-11(15(21)22)18-14(20)10-5-6-13(24-2)12(9-10)19-8-7-17-16(19)23/h5-6,9,11H,3-4,7-8H2,1-2H3,(H,17,23)(H,18,20)(H,21,22). The lowest BCUT2D eigenvalue weighted by molar-refractivity contribution is -0.139. The number of benzene rings is 1. The topological polar surface area (TPSA) is 108 Å². The van der Waals surface area contributed by atoms with Gasteiger partial charge in [-0.2, -0.15) is 0 Å². The van der Waals surface area contributed by atoms with Crippen LogP contribution in [-0.4, -0.2) is 49.3 Å². The minimum atomic E-state index is -1.07. The molecule has 0 spiro atoms. The molecule has 1 aliphatic heterocycles. The Labute approximate surface area is 139 Å². The fraction of sp³-hybridized carbons (Fsp3) is 0.438. The fourth-order valence-corrected chi connectivity index (χ4v) is 2.53. The molecule has 1 aromatic rings. The molecule has 1 heterocycles. The van der Waals surface area contributed by atoms with Crippen LogP contribution in [0.5, 0.6) is 5.75 Å². The Morgan fingerprint density at radius 2 is 2.21 bits per heavy atom. The number of urea groups is 1. The first-order chi connectivity index (χ1) is 11.5. The maximum Gasteiger partial charge on any atom is 0.326 e. The predicted molar refractivity (Wildman–Crippen MR) is 87.5 cm³/mol. The van der Waals surface area contributed by atoms with Gasteiger partial charge in [0.25, 0.3) is 5.91 Å². The van der Waals surface area contributed by atoms with Crippen LogP contribution < -0.4 is 20.3 Å². The second-order valence-electron chi connectivity index (χ2n) is 5.42. The van der Waals surface area contributed by atoms with E-state index in [1.807, 2.05) is 6.92 Å². The molecule has 0 radical (unpaired) electrons. The van der Waals surface area contributed by atoms with E-state index in [9.17, 15) is 14.4 Å². The number of amides is 3. The first-order valence-electron chi connectivity index (χ1n) is 7.75. The zero-order chi connectivity index (χ0) is 17.7. The smallest absolute Gasteiger partial charge is 0.326 e. The maximum atomic E-state index is 12.3. The maximum absolute atomic E-state index is 12.3. The summed E-state index contributed by atoms with van der Waals surface area (Å²) in [5, 5.41) is 14.3. The van der Waals surface area contributed by atoms with E-state index in [1.165, 1.54) is 24.1 Å². The molecule has 130 valence electrons. The van der Waals surface area contributed by atoms with Crippen molar-refractivity contribution >= 4 is 23.6 Å². The number of rotatable bonds is 7. The van der Waals surface area contributed by atoms with Crippen molar-refractivity contribution in [3.63, 3.8) is 0 Å². The molecule has 0 saturated carbocycles. The SMILES string of the molecule is CCCC(NC(=O)c1ccc(OC)c(N2CCNC2=O)c1)C(=O)O. The summed E-state index contributed by atoms with van der Waals surface area (Å²) in [4.78, 5) is 36.9. The molecule has 0 bridgehead atoms. The molecule has 2 rings (SSSR count). The van der Waals surface area contributed by atoms with Crippen molar-refractivity contribution in [1.82, 2.24) is 10.6 Å². The number of carbonyl (C=O) groups is 3. The number of hydrogen-bond acceptors (Lipinski definition) is 4. The lowest BCUT2D eigenvalue weighted by Gasteiger charge is -2.19. The van der Waals surface area contributed by atoms with E-state index in [-0.39, 0.29) is 11.6 Å². The zero-order valence-corrected chi connectivity index (χ0v) is 13.7. The van der Waals surface area contributed by atoms with Gasteiger partial charge in [0.1, 0.15) is 11.8 Å². The number of carboxylic acids is 1. The van der Waals surface area contributed by atoms with Gasteiger partial charge < -0.3 is 20.5 Å². The van der Waals surface area contributed by atoms with Gasteiger partial charge in [0.05, 0.1) is 12.8 Å². The second kappa shape index (κ2) is 7.67. The van der Waals surface area contributed by atoms with Gasteiger partial charge in [-0.25, -0.2) is 9.59 Å². The molecule has 3 amide bonds. The molecule has 8 heteroatoms. The molecular weight excluding hydrogens is 314 g/mol. The Balaban J connectivity index is 2.25. The van der Waals surface area contributed by atoms with Gasteiger partial charge in [0, 0.05) is 18.7 Å². The van der Waals surface area contributed by atoms with Gasteiger partial charge in [-0.15, -0.1) is 0 Å². The van der Waals surface area contributed by atoms with E-state index >= 15 is 0 Å². The highest BCUT2D eigenvalue weighted by Crippen LogP contribution is 2.30. The van der Waals surface area contributed by atoms with Crippen molar-refractivity contribution in [1.29, 1.82) is 0 Å². The van der Waals surface area contributed by atoms with E-state index in [0.29, 0.717) is 37.4 Å². The summed E-state index contributed by atoms with van der Waals surface area (Å²) in [5.74, 6) is -1.11. The third kappa shape index (κ3) is 3.76. The molecule has 8 nitrogen and oxygen atoms in total. The fourth-order valence-electron chi connectivity index (χ4n) is 2.53. The normalized spacial score (nSPS) is 14.9. The van der Waals surface area contributed by atoms with Crippen molar-refractivity contribution < 1.29 is 24.2 Å². The summed E-state index contributed by atoms with van der Waals surface area (Å²) in [6.07, 6.45) is 0.984. The van der Waals surface area contributed by atoms with Crippen LogP contribution in [0.3, 0.4) is 0 Å². The first-order valence-corrected chi connectivity index (χ1v) is 7.75. The summed E-state index contributed by atoms with van der Waals surface area (Å²) in [6, 6.07) is 3.45. The summed E-state index contributed by atoms with van der Waals surface area (Å²) < 4.78 is 5.25. The van der Waals surface area contributed by atoms with Crippen LogP contribution in [0, 0.1) is 0 Å². The zero-order valence-electron chi connectivity index (χ0n) is 13.7. The second-order valence-corrected chi connectivity index (χ2v) is 5.42. The van der Waals surface area contributed by atoms with Crippen LogP contribution >= 0.6 is 0 Å². The van der Waals surface area contributed by atoms with Gasteiger partial charge >= 0.3 is 12.0 Å². The Hall–Kier alpha value is -2.77. The van der Waals surface area contributed by atoms with E-state index < -0.39 is 17.9 Å². The Morgan fingerprint density at radius 3 is 2.75 bits per heavy atom. The van der Waals surface area contributed by atoms with Gasteiger partial charge in [-0.3, -0.25) is 9.69 Å². The molecule has 0 aliphatic carbocycles.